The molecule has 0 saturated heterocycles. The third-order valence-corrected chi connectivity index (χ3v) is 4.55. The highest BCUT2D eigenvalue weighted by molar-refractivity contribution is 5.94. The van der Waals surface area contributed by atoms with E-state index in [4.69, 9.17) is 4.74 Å². The van der Waals surface area contributed by atoms with Gasteiger partial charge in [-0.2, -0.15) is 0 Å². The third-order valence-electron chi connectivity index (χ3n) is 4.55. The molecule has 0 aromatic heterocycles. The Labute approximate surface area is 150 Å². The highest BCUT2D eigenvalue weighted by Gasteiger charge is 2.12. The first-order valence-electron chi connectivity index (χ1n) is 8.96. The van der Waals surface area contributed by atoms with Crippen molar-refractivity contribution in [2.75, 3.05) is 26.7 Å². The molecular formula is C20H28N2O3. The fourth-order valence-electron chi connectivity index (χ4n) is 2.99. The number of amides is 2. The Morgan fingerprint density at radius 2 is 1.92 bits per heavy atom. The second-order valence-corrected chi connectivity index (χ2v) is 6.35. The molecule has 0 bridgehead atoms. The van der Waals surface area contributed by atoms with E-state index in [0.717, 1.165) is 31.6 Å². The predicted molar refractivity (Wildman–Crippen MR) is 98.7 cm³/mol. The van der Waals surface area contributed by atoms with Crippen molar-refractivity contribution >= 4 is 11.8 Å². The molecule has 1 aliphatic carbocycles. The fourth-order valence-corrected chi connectivity index (χ4v) is 2.99. The molecule has 2 rings (SSSR count). The normalized spacial score (nSPS) is 13.8. The number of carbonyl (C=O) groups excluding carboxylic acids is 2. The van der Waals surface area contributed by atoms with Crippen LogP contribution in [0.3, 0.4) is 0 Å². The average molecular weight is 344 g/mol. The van der Waals surface area contributed by atoms with E-state index < -0.39 is 0 Å². The van der Waals surface area contributed by atoms with Crippen molar-refractivity contribution in [2.24, 2.45) is 0 Å². The molecule has 25 heavy (non-hydrogen) atoms. The first kappa shape index (κ1) is 19.0. The molecule has 0 fully saturated rings. The van der Waals surface area contributed by atoms with Gasteiger partial charge in [0.15, 0.2) is 0 Å². The molecule has 0 aliphatic heterocycles. The van der Waals surface area contributed by atoms with E-state index in [-0.39, 0.29) is 11.8 Å². The average Bonchev–Trinajstić information content (AvgIpc) is 2.65. The van der Waals surface area contributed by atoms with Gasteiger partial charge in [0.05, 0.1) is 7.11 Å². The molecule has 5 nitrogen and oxygen atoms in total. The summed E-state index contributed by atoms with van der Waals surface area (Å²) in [6.45, 7) is 3.29. The summed E-state index contributed by atoms with van der Waals surface area (Å²) in [6.07, 6.45) is 8.09. The van der Waals surface area contributed by atoms with Gasteiger partial charge in [-0.1, -0.05) is 11.6 Å². The quantitative estimate of drug-likeness (QED) is 0.737. The van der Waals surface area contributed by atoms with Crippen molar-refractivity contribution in [3.05, 3.63) is 41.5 Å². The van der Waals surface area contributed by atoms with Crippen LogP contribution >= 0.6 is 0 Å². The Kier molecular flexibility index (Phi) is 7.51. The monoisotopic (exact) mass is 344 g/mol. The lowest BCUT2D eigenvalue weighted by Crippen LogP contribution is -2.38. The van der Waals surface area contributed by atoms with E-state index in [9.17, 15) is 9.59 Å². The molecule has 5 heteroatoms. The Balaban J connectivity index is 1.76. The van der Waals surface area contributed by atoms with Crippen molar-refractivity contribution in [2.45, 2.75) is 39.0 Å². The molecule has 1 aliphatic rings. The van der Waals surface area contributed by atoms with E-state index in [2.05, 4.69) is 11.4 Å². The highest BCUT2D eigenvalue weighted by atomic mass is 16.5. The first-order valence-corrected chi connectivity index (χ1v) is 8.96. The van der Waals surface area contributed by atoms with Gasteiger partial charge in [-0.3, -0.25) is 9.59 Å². The van der Waals surface area contributed by atoms with Crippen molar-refractivity contribution in [3.8, 4) is 5.75 Å². The zero-order chi connectivity index (χ0) is 18.1. The maximum absolute atomic E-state index is 12.1. The summed E-state index contributed by atoms with van der Waals surface area (Å²) < 4.78 is 5.08. The Hall–Kier alpha value is -2.30. The van der Waals surface area contributed by atoms with Gasteiger partial charge >= 0.3 is 0 Å². The number of hydrogen-bond acceptors (Lipinski definition) is 3. The lowest BCUT2D eigenvalue weighted by atomic mass is 9.97. The van der Waals surface area contributed by atoms with Gasteiger partial charge in [-0.05, 0) is 56.4 Å². The molecule has 1 aromatic carbocycles. The van der Waals surface area contributed by atoms with E-state index in [1.54, 1.807) is 38.3 Å². The molecule has 1 aromatic rings. The molecule has 0 radical (unpaired) electrons. The second kappa shape index (κ2) is 9.87. The van der Waals surface area contributed by atoms with Gasteiger partial charge in [0.2, 0.25) is 5.91 Å². The zero-order valence-electron chi connectivity index (χ0n) is 15.2. The summed E-state index contributed by atoms with van der Waals surface area (Å²) in [6, 6.07) is 6.97. The molecule has 136 valence electrons. The van der Waals surface area contributed by atoms with Gasteiger partial charge in [0.1, 0.15) is 5.75 Å². The Bertz CT molecular complexity index is 608. The molecule has 2 amide bonds. The minimum atomic E-state index is -0.138. The minimum absolute atomic E-state index is 0.0510. The van der Waals surface area contributed by atoms with Gasteiger partial charge in [-0.15, -0.1) is 0 Å². The Morgan fingerprint density at radius 1 is 1.16 bits per heavy atom. The number of carbonyl (C=O) groups is 2. The lowest BCUT2D eigenvalue weighted by molar-refractivity contribution is -0.128. The lowest BCUT2D eigenvalue weighted by Gasteiger charge is -2.23. The summed E-state index contributed by atoms with van der Waals surface area (Å²) in [5.41, 5.74) is 2.04. The SMILES string of the molecule is COc1ccc(C(=O)NCCN(CCC2=CCCCC2)C(C)=O)cc1. The molecule has 0 unspecified atom stereocenters. The van der Waals surface area contributed by atoms with E-state index >= 15 is 0 Å². The molecule has 1 N–H and O–H groups in total. The van der Waals surface area contributed by atoms with Crippen molar-refractivity contribution in [3.63, 3.8) is 0 Å². The molecule has 0 saturated carbocycles. The van der Waals surface area contributed by atoms with Crippen LogP contribution in [0, 0.1) is 0 Å². The van der Waals surface area contributed by atoms with Crippen LogP contribution in [0.1, 0.15) is 49.4 Å². The number of nitrogens with one attached hydrogen (secondary N) is 1. The summed E-state index contributed by atoms with van der Waals surface area (Å²) in [5, 5.41) is 2.87. The van der Waals surface area contributed by atoms with Gasteiger partial charge in [0, 0.05) is 32.1 Å². The van der Waals surface area contributed by atoms with E-state index in [0.29, 0.717) is 18.7 Å². The Morgan fingerprint density at radius 3 is 2.52 bits per heavy atom. The summed E-state index contributed by atoms with van der Waals surface area (Å²) in [5.74, 6) is 0.632. The van der Waals surface area contributed by atoms with Gasteiger partial charge in [0.25, 0.3) is 5.91 Å². The second-order valence-electron chi connectivity index (χ2n) is 6.35. The number of hydrogen-bond donors (Lipinski definition) is 1. The van der Waals surface area contributed by atoms with E-state index in [1.165, 1.54) is 18.4 Å². The minimum Gasteiger partial charge on any atom is -0.497 e. The van der Waals surface area contributed by atoms with Crippen molar-refractivity contribution < 1.29 is 14.3 Å². The van der Waals surface area contributed by atoms with Crippen molar-refractivity contribution in [1.82, 2.24) is 10.2 Å². The van der Waals surface area contributed by atoms with Gasteiger partial charge < -0.3 is 15.0 Å². The van der Waals surface area contributed by atoms with Crippen LogP contribution in [0.15, 0.2) is 35.9 Å². The van der Waals surface area contributed by atoms with Crippen molar-refractivity contribution in [1.29, 1.82) is 0 Å². The third kappa shape index (κ3) is 6.25. The smallest absolute Gasteiger partial charge is 0.251 e. The maximum Gasteiger partial charge on any atom is 0.251 e. The van der Waals surface area contributed by atoms with Crippen LogP contribution in [0.5, 0.6) is 5.75 Å². The van der Waals surface area contributed by atoms with Crippen LogP contribution in [-0.4, -0.2) is 43.5 Å². The van der Waals surface area contributed by atoms with Crippen LogP contribution < -0.4 is 10.1 Å². The predicted octanol–water partition coefficient (Wildman–Crippen LogP) is 3.16. The van der Waals surface area contributed by atoms with Crippen LogP contribution in [0.4, 0.5) is 0 Å². The largest absolute Gasteiger partial charge is 0.497 e. The number of rotatable bonds is 8. The summed E-state index contributed by atoms with van der Waals surface area (Å²) in [7, 11) is 1.59. The van der Waals surface area contributed by atoms with Crippen LogP contribution in [0.2, 0.25) is 0 Å². The first-order chi connectivity index (χ1) is 12.1. The fraction of sp³-hybridized carbons (Fsp3) is 0.500. The maximum atomic E-state index is 12.1. The standard InChI is InChI=1S/C20H28N2O3/c1-16(23)22(14-12-17-6-4-3-5-7-17)15-13-21-20(24)18-8-10-19(25-2)11-9-18/h6,8-11H,3-5,7,12-15H2,1-2H3,(H,21,24). The van der Waals surface area contributed by atoms with Gasteiger partial charge in [-0.25, -0.2) is 0 Å². The number of nitrogens with zero attached hydrogens (tertiary/aromatic N) is 1. The molecule has 0 heterocycles. The number of ether oxygens (including phenoxy) is 1. The number of benzene rings is 1. The van der Waals surface area contributed by atoms with E-state index in [1.807, 2.05) is 4.90 Å². The molecule has 0 atom stereocenters. The molecular weight excluding hydrogens is 316 g/mol. The highest BCUT2D eigenvalue weighted by Crippen LogP contribution is 2.20. The number of allylic oxidation sites excluding steroid dienone is 1. The zero-order valence-corrected chi connectivity index (χ0v) is 15.2. The summed E-state index contributed by atoms with van der Waals surface area (Å²) >= 11 is 0. The molecule has 0 spiro atoms. The van der Waals surface area contributed by atoms with Crippen LogP contribution in [-0.2, 0) is 4.79 Å². The topological polar surface area (TPSA) is 58.6 Å². The summed E-state index contributed by atoms with van der Waals surface area (Å²) in [4.78, 5) is 25.8. The van der Waals surface area contributed by atoms with Crippen LogP contribution in [0.25, 0.3) is 0 Å². The number of methoxy groups -OCH3 is 1.